The SMILES string of the molecule is CCCCC(CC)COC(=O)CCCC(=O)Oc1ccccc1F. The third-order valence-corrected chi connectivity index (χ3v) is 3.85. The van der Waals surface area contributed by atoms with Crippen LogP contribution in [0.4, 0.5) is 4.39 Å². The van der Waals surface area contributed by atoms with Crippen LogP contribution in [0.3, 0.4) is 0 Å². The van der Waals surface area contributed by atoms with Gasteiger partial charge in [0.1, 0.15) is 0 Å². The van der Waals surface area contributed by atoms with Crippen LogP contribution in [0, 0.1) is 11.7 Å². The fraction of sp³-hybridized carbons (Fsp3) is 0.579. The molecular formula is C19H27FO4. The quantitative estimate of drug-likeness (QED) is 0.435. The fourth-order valence-corrected chi connectivity index (χ4v) is 2.26. The number of rotatable bonds is 11. The first-order valence-electron chi connectivity index (χ1n) is 8.67. The van der Waals surface area contributed by atoms with Gasteiger partial charge in [0.15, 0.2) is 11.6 Å². The number of carbonyl (C=O) groups excluding carboxylic acids is 2. The van der Waals surface area contributed by atoms with Crippen molar-refractivity contribution in [1.82, 2.24) is 0 Å². The van der Waals surface area contributed by atoms with Gasteiger partial charge in [-0.1, -0.05) is 45.2 Å². The first-order chi connectivity index (χ1) is 11.6. The molecule has 0 fully saturated rings. The van der Waals surface area contributed by atoms with E-state index in [1.165, 1.54) is 18.2 Å². The lowest BCUT2D eigenvalue weighted by Gasteiger charge is -2.14. The van der Waals surface area contributed by atoms with Crippen molar-refractivity contribution in [1.29, 1.82) is 0 Å². The Morgan fingerprint density at radius 3 is 2.46 bits per heavy atom. The maximum atomic E-state index is 13.3. The highest BCUT2D eigenvalue weighted by Gasteiger charge is 2.12. The van der Waals surface area contributed by atoms with Crippen LogP contribution < -0.4 is 4.74 Å². The normalized spacial score (nSPS) is 11.8. The van der Waals surface area contributed by atoms with Gasteiger partial charge in [-0.15, -0.1) is 0 Å². The van der Waals surface area contributed by atoms with E-state index >= 15 is 0 Å². The van der Waals surface area contributed by atoms with Gasteiger partial charge < -0.3 is 9.47 Å². The van der Waals surface area contributed by atoms with Crippen LogP contribution in [0.5, 0.6) is 5.75 Å². The summed E-state index contributed by atoms with van der Waals surface area (Å²) >= 11 is 0. The molecule has 0 aromatic heterocycles. The van der Waals surface area contributed by atoms with E-state index in [2.05, 4.69) is 13.8 Å². The van der Waals surface area contributed by atoms with Crippen LogP contribution in [0.1, 0.15) is 58.8 Å². The number of halogens is 1. The van der Waals surface area contributed by atoms with Crippen LogP contribution in [0.2, 0.25) is 0 Å². The molecule has 134 valence electrons. The summed E-state index contributed by atoms with van der Waals surface area (Å²) in [5.41, 5.74) is 0. The van der Waals surface area contributed by atoms with Gasteiger partial charge in [-0.05, 0) is 30.9 Å². The molecule has 24 heavy (non-hydrogen) atoms. The lowest BCUT2D eigenvalue weighted by Crippen LogP contribution is -2.15. The second-order valence-electron chi connectivity index (χ2n) is 5.86. The van der Waals surface area contributed by atoms with Crippen LogP contribution >= 0.6 is 0 Å². The molecule has 0 aliphatic carbocycles. The molecule has 0 aliphatic heterocycles. The third kappa shape index (κ3) is 8.09. The molecule has 1 atom stereocenters. The lowest BCUT2D eigenvalue weighted by atomic mass is 10.0. The number of para-hydroxylation sites is 1. The first-order valence-corrected chi connectivity index (χ1v) is 8.67. The molecule has 1 unspecified atom stereocenters. The predicted octanol–water partition coefficient (Wildman–Crippen LogP) is 4.66. The Kier molecular flexibility index (Phi) is 9.73. The molecule has 0 aliphatic rings. The molecule has 0 radical (unpaired) electrons. The number of ether oxygens (including phenoxy) is 2. The largest absolute Gasteiger partial charge is 0.465 e. The number of hydrogen-bond donors (Lipinski definition) is 0. The van der Waals surface area contributed by atoms with Crippen LogP contribution in [0.15, 0.2) is 24.3 Å². The molecule has 0 saturated heterocycles. The Morgan fingerprint density at radius 1 is 1.08 bits per heavy atom. The Morgan fingerprint density at radius 2 is 1.79 bits per heavy atom. The summed E-state index contributed by atoms with van der Waals surface area (Å²) in [5.74, 6) is -1.12. The molecule has 1 aromatic rings. The van der Waals surface area contributed by atoms with Crippen molar-refractivity contribution in [2.24, 2.45) is 5.92 Å². The molecular weight excluding hydrogens is 311 g/mol. The second-order valence-corrected chi connectivity index (χ2v) is 5.86. The zero-order valence-electron chi connectivity index (χ0n) is 14.6. The van der Waals surface area contributed by atoms with Crippen molar-refractivity contribution in [2.45, 2.75) is 58.8 Å². The van der Waals surface area contributed by atoms with E-state index in [1.54, 1.807) is 6.07 Å². The molecule has 0 N–H and O–H groups in total. The van der Waals surface area contributed by atoms with E-state index in [0.29, 0.717) is 18.9 Å². The van der Waals surface area contributed by atoms with E-state index in [0.717, 1.165) is 25.7 Å². The number of benzene rings is 1. The number of hydrogen-bond acceptors (Lipinski definition) is 4. The van der Waals surface area contributed by atoms with Crippen LogP contribution in [-0.2, 0) is 14.3 Å². The second kappa shape index (κ2) is 11.6. The van der Waals surface area contributed by atoms with Gasteiger partial charge in [0.2, 0.25) is 0 Å². The minimum atomic E-state index is -0.581. The summed E-state index contributed by atoms with van der Waals surface area (Å²) in [7, 11) is 0. The number of unbranched alkanes of at least 4 members (excludes halogenated alkanes) is 1. The van der Waals surface area contributed by atoms with E-state index in [-0.39, 0.29) is 24.6 Å². The summed E-state index contributed by atoms with van der Waals surface area (Å²) in [5, 5.41) is 0. The standard InChI is InChI=1S/C19H27FO4/c1-3-5-9-15(4-2)14-23-18(21)12-8-13-19(22)24-17-11-7-6-10-16(17)20/h6-7,10-11,15H,3-5,8-9,12-14H2,1-2H3. The van der Waals surface area contributed by atoms with E-state index in [1.807, 2.05) is 0 Å². The first kappa shape index (κ1) is 20.1. The molecule has 0 bridgehead atoms. The minimum absolute atomic E-state index is 0.0521. The Bertz CT molecular complexity index is 516. The van der Waals surface area contributed by atoms with Gasteiger partial charge in [-0.25, -0.2) is 4.39 Å². The minimum Gasteiger partial charge on any atom is -0.465 e. The van der Waals surface area contributed by atoms with E-state index in [9.17, 15) is 14.0 Å². The Hall–Kier alpha value is -1.91. The van der Waals surface area contributed by atoms with E-state index < -0.39 is 11.8 Å². The molecule has 0 heterocycles. The van der Waals surface area contributed by atoms with Crippen LogP contribution in [0.25, 0.3) is 0 Å². The molecule has 0 amide bonds. The van der Waals surface area contributed by atoms with Crippen molar-refractivity contribution >= 4 is 11.9 Å². The van der Waals surface area contributed by atoms with Gasteiger partial charge in [0, 0.05) is 12.8 Å². The van der Waals surface area contributed by atoms with Crippen molar-refractivity contribution in [3.05, 3.63) is 30.1 Å². The maximum Gasteiger partial charge on any atom is 0.311 e. The average molecular weight is 338 g/mol. The third-order valence-electron chi connectivity index (χ3n) is 3.85. The topological polar surface area (TPSA) is 52.6 Å². The molecule has 5 heteroatoms. The summed E-state index contributed by atoms with van der Waals surface area (Å²) in [6.07, 6.45) is 4.87. The van der Waals surface area contributed by atoms with Gasteiger partial charge in [0.25, 0.3) is 0 Å². The summed E-state index contributed by atoms with van der Waals surface area (Å²) in [6, 6.07) is 5.73. The number of carbonyl (C=O) groups is 2. The monoisotopic (exact) mass is 338 g/mol. The van der Waals surface area contributed by atoms with Crippen LogP contribution in [-0.4, -0.2) is 18.5 Å². The molecule has 0 spiro atoms. The zero-order valence-corrected chi connectivity index (χ0v) is 14.6. The van der Waals surface area contributed by atoms with Crippen molar-refractivity contribution < 1.29 is 23.5 Å². The summed E-state index contributed by atoms with van der Waals surface area (Å²) < 4.78 is 23.5. The van der Waals surface area contributed by atoms with Gasteiger partial charge in [-0.2, -0.15) is 0 Å². The van der Waals surface area contributed by atoms with Gasteiger partial charge >= 0.3 is 11.9 Å². The van der Waals surface area contributed by atoms with Crippen molar-refractivity contribution in [2.75, 3.05) is 6.61 Å². The molecule has 4 nitrogen and oxygen atoms in total. The highest BCUT2D eigenvalue weighted by molar-refractivity contribution is 5.74. The molecule has 1 aromatic carbocycles. The summed E-state index contributed by atoms with van der Waals surface area (Å²) in [6.45, 7) is 4.67. The average Bonchev–Trinajstić information content (AvgIpc) is 2.57. The predicted molar refractivity (Wildman–Crippen MR) is 90.2 cm³/mol. The Balaban J connectivity index is 2.20. The highest BCUT2D eigenvalue weighted by atomic mass is 19.1. The highest BCUT2D eigenvalue weighted by Crippen LogP contribution is 2.17. The van der Waals surface area contributed by atoms with Gasteiger partial charge in [0.05, 0.1) is 6.61 Å². The smallest absolute Gasteiger partial charge is 0.311 e. The summed E-state index contributed by atoms with van der Waals surface area (Å²) in [4.78, 5) is 23.3. The van der Waals surface area contributed by atoms with Gasteiger partial charge in [-0.3, -0.25) is 9.59 Å². The fourth-order valence-electron chi connectivity index (χ4n) is 2.26. The zero-order chi connectivity index (χ0) is 17.8. The van der Waals surface area contributed by atoms with Crippen molar-refractivity contribution in [3.8, 4) is 5.75 Å². The Labute approximate surface area is 143 Å². The molecule has 1 rings (SSSR count). The lowest BCUT2D eigenvalue weighted by molar-refractivity contribution is -0.145. The van der Waals surface area contributed by atoms with Crippen molar-refractivity contribution in [3.63, 3.8) is 0 Å². The van der Waals surface area contributed by atoms with E-state index in [4.69, 9.17) is 9.47 Å². The number of esters is 2. The molecule has 0 saturated carbocycles. The maximum absolute atomic E-state index is 13.3.